The van der Waals surface area contributed by atoms with Crippen LogP contribution in [0.1, 0.15) is 5.56 Å². The minimum Gasteiger partial charge on any atom is -0.464 e. The van der Waals surface area contributed by atoms with Crippen LogP contribution < -0.4 is 4.74 Å². The van der Waals surface area contributed by atoms with E-state index in [0.717, 1.165) is 33.6 Å². The normalized spacial score (nSPS) is 11.3. The number of aromatic nitrogens is 3. The number of aryl methyl sites for hydroxylation is 1. The Hall–Kier alpha value is -3.60. The highest BCUT2D eigenvalue weighted by atomic mass is 16.5. The summed E-state index contributed by atoms with van der Waals surface area (Å²) in [5, 5.41) is 0.857. The number of furan rings is 1. The number of nitrogens with zero attached hydrogens (tertiary/aromatic N) is 3. The Bertz CT molecular complexity index is 1220. The first kappa shape index (κ1) is 14.7. The molecule has 0 aliphatic heterocycles. The third-order valence-electron chi connectivity index (χ3n) is 4.45. The number of imidazole rings is 1. The van der Waals surface area contributed by atoms with E-state index in [0.29, 0.717) is 5.88 Å². The highest BCUT2D eigenvalue weighted by molar-refractivity contribution is 5.82. The number of pyridine rings is 2. The lowest BCUT2D eigenvalue weighted by Gasteiger charge is -2.11. The molecule has 0 amide bonds. The van der Waals surface area contributed by atoms with Crippen LogP contribution in [-0.4, -0.2) is 14.4 Å². The number of hydrogen-bond donors (Lipinski definition) is 0. The highest BCUT2D eigenvalue weighted by Gasteiger charge is 2.10. The Balaban J connectivity index is 1.52. The molecule has 5 nitrogen and oxygen atoms in total. The summed E-state index contributed by atoms with van der Waals surface area (Å²) in [6.07, 6.45) is 7.11. The van der Waals surface area contributed by atoms with E-state index in [1.165, 1.54) is 5.56 Å². The maximum atomic E-state index is 5.95. The molecule has 0 radical (unpaired) electrons. The molecule has 1 aromatic carbocycles. The van der Waals surface area contributed by atoms with Gasteiger partial charge in [0.1, 0.15) is 17.0 Å². The van der Waals surface area contributed by atoms with Crippen molar-refractivity contribution in [2.75, 3.05) is 0 Å². The fourth-order valence-corrected chi connectivity index (χ4v) is 3.21. The molecule has 0 spiro atoms. The highest BCUT2D eigenvalue weighted by Crippen LogP contribution is 2.31. The van der Waals surface area contributed by atoms with E-state index in [-0.39, 0.29) is 0 Å². The largest absolute Gasteiger partial charge is 0.464 e. The third-order valence-corrected chi connectivity index (χ3v) is 4.45. The second-order valence-corrected chi connectivity index (χ2v) is 6.10. The zero-order chi connectivity index (χ0) is 17.5. The van der Waals surface area contributed by atoms with Gasteiger partial charge in [0.2, 0.25) is 5.88 Å². The van der Waals surface area contributed by atoms with Crippen LogP contribution in [0.4, 0.5) is 0 Å². The van der Waals surface area contributed by atoms with Crippen molar-refractivity contribution in [3.05, 3.63) is 78.9 Å². The summed E-state index contributed by atoms with van der Waals surface area (Å²) >= 11 is 0. The number of benzene rings is 1. The summed E-state index contributed by atoms with van der Waals surface area (Å²) in [5.41, 5.74) is 5.11. The van der Waals surface area contributed by atoms with E-state index in [1.54, 1.807) is 12.5 Å². The molecule has 126 valence electrons. The standard InChI is InChI=1S/C21H15N3O2/c1-14-2-7-19-22-11-12-24(19)20(14)15-3-5-16(6-4-15)26-21-17-9-13-25-18(17)8-10-23-21/h2-13H,1H3. The van der Waals surface area contributed by atoms with Crippen LogP contribution >= 0.6 is 0 Å². The zero-order valence-electron chi connectivity index (χ0n) is 14.1. The smallest absolute Gasteiger partial charge is 0.230 e. The predicted octanol–water partition coefficient (Wildman–Crippen LogP) is 5.24. The number of ether oxygens (including phenoxy) is 1. The average Bonchev–Trinajstić information content (AvgIpc) is 3.32. The minimum atomic E-state index is 0.539. The van der Waals surface area contributed by atoms with Crippen molar-refractivity contribution in [3.63, 3.8) is 0 Å². The molecule has 5 aromatic rings. The van der Waals surface area contributed by atoms with Gasteiger partial charge in [0.25, 0.3) is 0 Å². The van der Waals surface area contributed by atoms with Gasteiger partial charge in [-0.15, -0.1) is 0 Å². The van der Waals surface area contributed by atoms with Crippen LogP contribution in [0.3, 0.4) is 0 Å². The molecule has 0 N–H and O–H groups in total. The van der Waals surface area contributed by atoms with Crippen LogP contribution in [0.5, 0.6) is 11.6 Å². The molecule has 5 rings (SSSR count). The molecule has 0 unspecified atom stereocenters. The van der Waals surface area contributed by atoms with E-state index in [1.807, 2.05) is 54.9 Å². The van der Waals surface area contributed by atoms with Crippen LogP contribution in [0.25, 0.3) is 27.9 Å². The molecule has 0 aliphatic carbocycles. The number of hydrogen-bond acceptors (Lipinski definition) is 4. The number of rotatable bonds is 3. The predicted molar refractivity (Wildman–Crippen MR) is 99.4 cm³/mol. The van der Waals surface area contributed by atoms with Crippen molar-refractivity contribution in [2.24, 2.45) is 0 Å². The second-order valence-electron chi connectivity index (χ2n) is 6.10. The zero-order valence-corrected chi connectivity index (χ0v) is 14.1. The molecular weight excluding hydrogens is 326 g/mol. The first-order valence-corrected chi connectivity index (χ1v) is 8.33. The lowest BCUT2D eigenvalue weighted by Crippen LogP contribution is -1.94. The first-order valence-electron chi connectivity index (χ1n) is 8.33. The van der Waals surface area contributed by atoms with Gasteiger partial charge in [-0.05, 0) is 60.5 Å². The second kappa shape index (κ2) is 5.74. The van der Waals surface area contributed by atoms with Crippen LogP contribution in [-0.2, 0) is 0 Å². The van der Waals surface area contributed by atoms with E-state index < -0.39 is 0 Å². The molecular formula is C21H15N3O2. The summed E-state index contributed by atoms with van der Waals surface area (Å²) in [4.78, 5) is 8.67. The van der Waals surface area contributed by atoms with Gasteiger partial charge in [-0.1, -0.05) is 6.07 Å². The molecule has 5 heteroatoms. The molecule has 0 fully saturated rings. The van der Waals surface area contributed by atoms with Crippen LogP contribution in [0.15, 0.2) is 77.8 Å². The maximum Gasteiger partial charge on any atom is 0.230 e. The Morgan fingerprint density at radius 2 is 1.81 bits per heavy atom. The van der Waals surface area contributed by atoms with Gasteiger partial charge in [-0.2, -0.15) is 0 Å². The van der Waals surface area contributed by atoms with Crippen molar-refractivity contribution in [1.29, 1.82) is 0 Å². The van der Waals surface area contributed by atoms with Crippen LogP contribution in [0, 0.1) is 6.92 Å². The van der Waals surface area contributed by atoms with Crippen molar-refractivity contribution < 1.29 is 9.15 Å². The van der Waals surface area contributed by atoms with E-state index in [9.17, 15) is 0 Å². The summed E-state index contributed by atoms with van der Waals surface area (Å²) in [6.45, 7) is 2.10. The third kappa shape index (κ3) is 2.33. The van der Waals surface area contributed by atoms with Gasteiger partial charge >= 0.3 is 0 Å². The van der Waals surface area contributed by atoms with E-state index in [4.69, 9.17) is 9.15 Å². The first-order chi connectivity index (χ1) is 12.8. The fourth-order valence-electron chi connectivity index (χ4n) is 3.21. The molecule has 4 aromatic heterocycles. The van der Waals surface area contributed by atoms with Crippen molar-refractivity contribution in [1.82, 2.24) is 14.4 Å². The molecule has 4 heterocycles. The fraction of sp³-hybridized carbons (Fsp3) is 0.0476. The summed E-state index contributed by atoms with van der Waals surface area (Å²) < 4.78 is 13.4. The minimum absolute atomic E-state index is 0.539. The molecule has 26 heavy (non-hydrogen) atoms. The Morgan fingerprint density at radius 1 is 0.923 bits per heavy atom. The molecule has 0 saturated heterocycles. The quantitative estimate of drug-likeness (QED) is 0.450. The average molecular weight is 341 g/mol. The molecule has 0 aliphatic rings. The van der Waals surface area contributed by atoms with Gasteiger partial charge in [0.05, 0.1) is 17.3 Å². The van der Waals surface area contributed by atoms with Gasteiger partial charge in [0.15, 0.2) is 0 Å². The van der Waals surface area contributed by atoms with Gasteiger partial charge in [-0.3, -0.25) is 4.40 Å². The SMILES string of the molecule is Cc1ccc2nccn2c1-c1ccc(Oc2nccc3occc23)cc1. The van der Waals surface area contributed by atoms with E-state index in [2.05, 4.69) is 27.4 Å². The number of fused-ring (bicyclic) bond motifs is 2. The van der Waals surface area contributed by atoms with Crippen molar-refractivity contribution >= 4 is 16.6 Å². The maximum absolute atomic E-state index is 5.95. The van der Waals surface area contributed by atoms with Crippen molar-refractivity contribution in [3.8, 4) is 22.9 Å². The van der Waals surface area contributed by atoms with Gasteiger partial charge in [0, 0.05) is 18.6 Å². The topological polar surface area (TPSA) is 52.6 Å². The van der Waals surface area contributed by atoms with Crippen molar-refractivity contribution in [2.45, 2.75) is 6.92 Å². The Kier molecular flexibility index (Phi) is 3.25. The van der Waals surface area contributed by atoms with Gasteiger partial charge in [-0.25, -0.2) is 9.97 Å². The molecule has 0 bridgehead atoms. The van der Waals surface area contributed by atoms with Crippen LogP contribution in [0.2, 0.25) is 0 Å². The summed E-state index contributed by atoms with van der Waals surface area (Å²) in [7, 11) is 0. The lowest BCUT2D eigenvalue weighted by atomic mass is 10.1. The summed E-state index contributed by atoms with van der Waals surface area (Å²) in [6, 6.07) is 15.8. The van der Waals surface area contributed by atoms with E-state index >= 15 is 0 Å². The van der Waals surface area contributed by atoms with Gasteiger partial charge < -0.3 is 9.15 Å². The monoisotopic (exact) mass is 341 g/mol. The summed E-state index contributed by atoms with van der Waals surface area (Å²) in [5.74, 6) is 1.27. The molecule has 0 saturated carbocycles. The lowest BCUT2D eigenvalue weighted by molar-refractivity contribution is 0.469. The Labute approximate surface area is 149 Å². The Morgan fingerprint density at radius 3 is 2.69 bits per heavy atom. The molecule has 0 atom stereocenters.